The van der Waals surface area contributed by atoms with Crippen molar-refractivity contribution in [3.8, 4) is 0 Å². The van der Waals surface area contributed by atoms with E-state index in [-0.39, 0.29) is 36.3 Å². The van der Waals surface area contributed by atoms with Gasteiger partial charge >= 0.3 is 0 Å². The topological polar surface area (TPSA) is 84.6 Å². The van der Waals surface area contributed by atoms with Gasteiger partial charge in [0, 0.05) is 12.0 Å². The molecule has 124 valence electrons. The standard InChI is InChI=1S/C16H20N2O4S/c1-9-12(8-21-2)15(18-22-9)16(20)17-14(10-6-11(19)7-10)13-4-3-5-23-13/h3-5,10-11,14,19H,6-8H2,1-2H3,(H,17,20)/t10?,11?,14-/m0/s1. The number of amides is 1. The number of hydrogen-bond acceptors (Lipinski definition) is 6. The van der Waals surface area contributed by atoms with Gasteiger partial charge in [-0.3, -0.25) is 4.79 Å². The first-order valence-electron chi connectivity index (χ1n) is 7.56. The molecule has 6 nitrogen and oxygen atoms in total. The van der Waals surface area contributed by atoms with Gasteiger partial charge in [-0.25, -0.2) is 0 Å². The first kappa shape index (κ1) is 16.2. The lowest BCUT2D eigenvalue weighted by Gasteiger charge is -2.37. The van der Waals surface area contributed by atoms with Crippen molar-refractivity contribution in [3.63, 3.8) is 0 Å². The molecular formula is C16H20N2O4S. The third-order valence-corrected chi connectivity index (χ3v) is 5.20. The Hall–Kier alpha value is -1.70. The summed E-state index contributed by atoms with van der Waals surface area (Å²) in [4.78, 5) is 13.7. The summed E-state index contributed by atoms with van der Waals surface area (Å²) in [6, 6.07) is 3.85. The maximum absolute atomic E-state index is 12.6. The fourth-order valence-electron chi connectivity index (χ4n) is 2.89. The number of aliphatic hydroxyl groups is 1. The summed E-state index contributed by atoms with van der Waals surface area (Å²) < 4.78 is 10.2. The molecule has 0 bridgehead atoms. The molecule has 1 fully saturated rings. The normalized spacial score (nSPS) is 21.7. The fraction of sp³-hybridized carbons (Fsp3) is 0.500. The summed E-state index contributed by atoms with van der Waals surface area (Å²) in [5, 5.41) is 18.5. The molecule has 7 heteroatoms. The highest BCUT2D eigenvalue weighted by molar-refractivity contribution is 7.10. The SMILES string of the molecule is COCc1c(C(=O)N[C@H](c2cccs2)C2CC(O)C2)noc1C. The smallest absolute Gasteiger partial charge is 0.274 e. The lowest BCUT2D eigenvalue weighted by atomic mass is 9.76. The largest absolute Gasteiger partial charge is 0.393 e. The van der Waals surface area contributed by atoms with Gasteiger partial charge in [0.1, 0.15) is 5.76 Å². The molecule has 0 unspecified atom stereocenters. The monoisotopic (exact) mass is 336 g/mol. The summed E-state index contributed by atoms with van der Waals surface area (Å²) in [5.74, 6) is 0.559. The number of aryl methyl sites for hydroxylation is 1. The molecule has 3 rings (SSSR count). The number of aliphatic hydroxyl groups excluding tert-OH is 1. The molecule has 1 aliphatic rings. The van der Waals surface area contributed by atoms with Crippen molar-refractivity contribution in [3.05, 3.63) is 39.4 Å². The zero-order chi connectivity index (χ0) is 16.4. The molecule has 23 heavy (non-hydrogen) atoms. The first-order chi connectivity index (χ1) is 11.1. The lowest BCUT2D eigenvalue weighted by molar-refractivity contribution is 0.0240. The third-order valence-electron chi connectivity index (χ3n) is 4.25. The van der Waals surface area contributed by atoms with E-state index in [1.807, 2.05) is 17.5 Å². The van der Waals surface area contributed by atoms with Gasteiger partial charge in [-0.1, -0.05) is 11.2 Å². The Bertz CT molecular complexity index is 662. The van der Waals surface area contributed by atoms with Crippen molar-refractivity contribution in [2.24, 2.45) is 5.92 Å². The van der Waals surface area contributed by atoms with Crippen LogP contribution >= 0.6 is 11.3 Å². The Morgan fingerprint density at radius 2 is 2.39 bits per heavy atom. The average Bonchev–Trinajstić information content (AvgIpc) is 3.13. The van der Waals surface area contributed by atoms with Gasteiger partial charge in [-0.05, 0) is 37.1 Å². The quantitative estimate of drug-likeness (QED) is 0.846. The first-order valence-corrected chi connectivity index (χ1v) is 8.44. The molecule has 0 radical (unpaired) electrons. The van der Waals surface area contributed by atoms with Gasteiger partial charge < -0.3 is 19.7 Å². The van der Waals surface area contributed by atoms with Crippen LogP contribution in [0.4, 0.5) is 0 Å². The molecule has 2 heterocycles. The van der Waals surface area contributed by atoms with Crippen molar-refractivity contribution >= 4 is 17.2 Å². The second kappa shape index (κ2) is 6.82. The molecule has 1 saturated carbocycles. The van der Waals surface area contributed by atoms with E-state index in [2.05, 4.69) is 10.5 Å². The predicted molar refractivity (Wildman–Crippen MR) is 85.2 cm³/mol. The summed E-state index contributed by atoms with van der Waals surface area (Å²) in [7, 11) is 1.57. The van der Waals surface area contributed by atoms with Gasteiger partial charge in [-0.2, -0.15) is 0 Å². The van der Waals surface area contributed by atoms with Crippen LogP contribution in [0.2, 0.25) is 0 Å². The van der Waals surface area contributed by atoms with E-state index in [1.165, 1.54) is 0 Å². The summed E-state index contributed by atoms with van der Waals surface area (Å²) in [5.41, 5.74) is 0.939. The third kappa shape index (κ3) is 3.31. The van der Waals surface area contributed by atoms with E-state index in [9.17, 15) is 9.90 Å². The number of carbonyl (C=O) groups is 1. The van der Waals surface area contributed by atoms with E-state index in [4.69, 9.17) is 9.26 Å². The Kier molecular flexibility index (Phi) is 4.79. The number of nitrogens with zero attached hydrogens (tertiary/aromatic N) is 1. The number of methoxy groups -OCH3 is 1. The van der Waals surface area contributed by atoms with E-state index in [1.54, 1.807) is 25.4 Å². The highest BCUT2D eigenvalue weighted by Gasteiger charge is 2.37. The number of ether oxygens (including phenoxy) is 1. The minimum atomic E-state index is -0.270. The minimum Gasteiger partial charge on any atom is -0.393 e. The maximum atomic E-state index is 12.6. The number of nitrogens with one attached hydrogen (secondary N) is 1. The second-order valence-corrected chi connectivity index (χ2v) is 6.83. The molecule has 0 aliphatic heterocycles. The van der Waals surface area contributed by atoms with Crippen LogP contribution in [0, 0.1) is 12.8 Å². The Morgan fingerprint density at radius 3 is 3.00 bits per heavy atom. The molecule has 2 aromatic heterocycles. The highest BCUT2D eigenvalue weighted by Crippen LogP contribution is 2.39. The van der Waals surface area contributed by atoms with Crippen molar-refractivity contribution in [1.29, 1.82) is 0 Å². The molecule has 0 saturated heterocycles. The zero-order valence-electron chi connectivity index (χ0n) is 13.1. The summed E-state index contributed by atoms with van der Waals surface area (Å²) >= 11 is 1.60. The van der Waals surface area contributed by atoms with Crippen LogP contribution in [-0.2, 0) is 11.3 Å². The number of hydrogen-bond donors (Lipinski definition) is 2. The second-order valence-electron chi connectivity index (χ2n) is 5.85. The zero-order valence-corrected chi connectivity index (χ0v) is 13.9. The lowest BCUT2D eigenvalue weighted by Crippen LogP contribution is -2.41. The van der Waals surface area contributed by atoms with Crippen LogP contribution in [-0.4, -0.2) is 29.4 Å². The number of aromatic nitrogens is 1. The van der Waals surface area contributed by atoms with Crippen LogP contribution in [0.25, 0.3) is 0 Å². The van der Waals surface area contributed by atoms with E-state index < -0.39 is 0 Å². The Morgan fingerprint density at radius 1 is 1.61 bits per heavy atom. The van der Waals surface area contributed by atoms with Gasteiger partial charge in [0.2, 0.25) is 0 Å². The minimum absolute atomic E-state index is 0.113. The Labute approximate surface area is 138 Å². The van der Waals surface area contributed by atoms with Gasteiger partial charge in [0.25, 0.3) is 5.91 Å². The van der Waals surface area contributed by atoms with Gasteiger partial charge in [-0.15, -0.1) is 11.3 Å². The van der Waals surface area contributed by atoms with Gasteiger partial charge in [0.15, 0.2) is 5.69 Å². The van der Waals surface area contributed by atoms with E-state index in [0.717, 1.165) is 4.88 Å². The highest BCUT2D eigenvalue weighted by atomic mass is 32.1. The molecule has 1 aliphatic carbocycles. The molecule has 2 N–H and O–H groups in total. The van der Waals surface area contributed by atoms with Crippen LogP contribution in [0.15, 0.2) is 22.0 Å². The van der Waals surface area contributed by atoms with Crippen LogP contribution in [0.3, 0.4) is 0 Å². The predicted octanol–water partition coefficient (Wildman–Crippen LogP) is 2.43. The van der Waals surface area contributed by atoms with E-state index in [0.29, 0.717) is 24.2 Å². The summed E-state index contributed by atoms with van der Waals surface area (Å²) in [6.07, 6.45) is 1.13. The maximum Gasteiger partial charge on any atom is 0.274 e. The number of rotatable bonds is 6. The molecule has 1 amide bonds. The molecular weight excluding hydrogens is 316 g/mol. The van der Waals surface area contributed by atoms with Crippen LogP contribution in [0.1, 0.15) is 45.6 Å². The van der Waals surface area contributed by atoms with Crippen molar-refractivity contribution < 1.29 is 19.2 Å². The molecule has 0 aromatic carbocycles. The average molecular weight is 336 g/mol. The number of carbonyl (C=O) groups excluding carboxylic acids is 1. The molecule has 1 atom stereocenters. The van der Waals surface area contributed by atoms with Crippen LogP contribution in [0.5, 0.6) is 0 Å². The summed E-state index contributed by atoms with van der Waals surface area (Å²) in [6.45, 7) is 2.04. The van der Waals surface area contributed by atoms with Crippen LogP contribution < -0.4 is 5.32 Å². The van der Waals surface area contributed by atoms with E-state index >= 15 is 0 Å². The number of thiophene rings is 1. The fourth-order valence-corrected chi connectivity index (χ4v) is 3.75. The van der Waals surface area contributed by atoms with Gasteiger partial charge in [0.05, 0.1) is 24.3 Å². The molecule has 0 spiro atoms. The van der Waals surface area contributed by atoms with Crippen molar-refractivity contribution in [1.82, 2.24) is 10.5 Å². The Balaban J connectivity index is 1.79. The van der Waals surface area contributed by atoms with Crippen molar-refractivity contribution in [2.75, 3.05) is 7.11 Å². The van der Waals surface area contributed by atoms with Crippen molar-refractivity contribution in [2.45, 2.75) is 38.5 Å². The molecule has 2 aromatic rings.